The molecule has 0 bridgehead atoms. The SMILES string of the molecule is C[C@H](OC[C@H]1CCCCO1)C(=O)N1CCC[C@H]1C(=O)O. The van der Waals surface area contributed by atoms with Crippen LogP contribution >= 0.6 is 0 Å². The molecule has 2 aliphatic heterocycles. The number of ether oxygens (including phenoxy) is 2. The van der Waals surface area contributed by atoms with E-state index in [-0.39, 0.29) is 12.0 Å². The Hall–Kier alpha value is -1.14. The lowest BCUT2D eigenvalue weighted by Gasteiger charge is -2.27. The summed E-state index contributed by atoms with van der Waals surface area (Å²) >= 11 is 0. The highest BCUT2D eigenvalue weighted by atomic mass is 16.5. The fourth-order valence-electron chi connectivity index (χ4n) is 2.78. The first-order chi connectivity index (χ1) is 9.59. The first-order valence-electron chi connectivity index (χ1n) is 7.36. The Morgan fingerprint density at radius 2 is 2.15 bits per heavy atom. The molecule has 6 nitrogen and oxygen atoms in total. The summed E-state index contributed by atoms with van der Waals surface area (Å²) in [4.78, 5) is 24.7. The lowest BCUT2D eigenvalue weighted by molar-refractivity contribution is -0.155. The average Bonchev–Trinajstić information content (AvgIpc) is 2.94. The van der Waals surface area contributed by atoms with Gasteiger partial charge in [0.05, 0.1) is 12.7 Å². The summed E-state index contributed by atoms with van der Waals surface area (Å²) in [7, 11) is 0. The summed E-state index contributed by atoms with van der Waals surface area (Å²) in [6.07, 6.45) is 3.89. The van der Waals surface area contributed by atoms with E-state index in [1.807, 2.05) is 0 Å². The minimum absolute atomic E-state index is 0.0628. The first-order valence-corrected chi connectivity index (χ1v) is 7.36. The highest BCUT2D eigenvalue weighted by molar-refractivity contribution is 5.86. The number of carboxylic acids is 1. The summed E-state index contributed by atoms with van der Waals surface area (Å²) in [5.41, 5.74) is 0. The van der Waals surface area contributed by atoms with Crippen molar-refractivity contribution in [1.29, 1.82) is 0 Å². The van der Waals surface area contributed by atoms with Gasteiger partial charge in [0.1, 0.15) is 12.1 Å². The van der Waals surface area contributed by atoms with Crippen LogP contribution in [0.2, 0.25) is 0 Å². The molecular formula is C14H23NO5. The largest absolute Gasteiger partial charge is 0.480 e. The van der Waals surface area contributed by atoms with E-state index in [9.17, 15) is 9.59 Å². The van der Waals surface area contributed by atoms with Crippen LogP contribution in [0.3, 0.4) is 0 Å². The monoisotopic (exact) mass is 285 g/mol. The van der Waals surface area contributed by atoms with Crippen molar-refractivity contribution >= 4 is 11.9 Å². The highest BCUT2D eigenvalue weighted by Gasteiger charge is 2.36. The molecule has 6 heteroatoms. The number of hydrogen-bond donors (Lipinski definition) is 1. The second-order valence-corrected chi connectivity index (χ2v) is 5.49. The van der Waals surface area contributed by atoms with Crippen molar-refractivity contribution in [1.82, 2.24) is 4.90 Å². The molecule has 0 radical (unpaired) electrons. The Kier molecular flexibility index (Phi) is 5.37. The van der Waals surface area contributed by atoms with E-state index in [4.69, 9.17) is 14.6 Å². The van der Waals surface area contributed by atoms with Gasteiger partial charge in [0.15, 0.2) is 0 Å². The molecule has 0 aromatic carbocycles. The van der Waals surface area contributed by atoms with Crippen molar-refractivity contribution in [3.8, 4) is 0 Å². The lowest BCUT2D eigenvalue weighted by Crippen LogP contribution is -2.46. The van der Waals surface area contributed by atoms with E-state index in [0.29, 0.717) is 19.6 Å². The number of carboxylic acid groups (broad SMARTS) is 1. The third-order valence-corrected chi connectivity index (χ3v) is 3.97. The molecular weight excluding hydrogens is 262 g/mol. The Bertz CT molecular complexity index is 353. The van der Waals surface area contributed by atoms with Crippen molar-refractivity contribution < 1.29 is 24.2 Å². The van der Waals surface area contributed by atoms with Gasteiger partial charge in [-0.05, 0) is 39.0 Å². The molecule has 1 amide bonds. The van der Waals surface area contributed by atoms with Gasteiger partial charge in [0.25, 0.3) is 5.91 Å². The molecule has 0 spiro atoms. The summed E-state index contributed by atoms with van der Waals surface area (Å²) in [6.45, 7) is 3.34. The molecule has 2 aliphatic rings. The molecule has 0 unspecified atom stereocenters. The first kappa shape index (κ1) is 15.3. The molecule has 0 aromatic heterocycles. The predicted octanol–water partition coefficient (Wildman–Crippen LogP) is 1.04. The van der Waals surface area contributed by atoms with Crippen molar-refractivity contribution in [3.05, 3.63) is 0 Å². The van der Waals surface area contributed by atoms with Gasteiger partial charge in [0.2, 0.25) is 0 Å². The number of amides is 1. The second-order valence-electron chi connectivity index (χ2n) is 5.49. The fraction of sp³-hybridized carbons (Fsp3) is 0.857. The van der Waals surface area contributed by atoms with E-state index in [1.165, 1.54) is 4.90 Å². The second kappa shape index (κ2) is 7.04. The Labute approximate surface area is 119 Å². The molecule has 0 saturated carbocycles. The van der Waals surface area contributed by atoms with Gasteiger partial charge < -0.3 is 19.5 Å². The van der Waals surface area contributed by atoms with Crippen LogP contribution in [0.1, 0.15) is 39.0 Å². The molecule has 114 valence electrons. The predicted molar refractivity (Wildman–Crippen MR) is 71.4 cm³/mol. The maximum atomic E-state index is 12.2. The highest BCUT2D eigenvalue weighted by Crippen LogP contribution is 2.20. The van der Waals surface area contributed by atoms with Crippen LogP contribution in [0.25, 0.3) is 0 Å². The summed E-state index contributed by atoms with van der Waals surface area (Å²) < 4.78 is 11.1. The van der Waals surface area contributed by atoms with E-state index in [0.717, 1.165) is 32.3 Å². The molecule has 0 aromatic rings. The van der Waals surface area contributed by atoms with Crippen LogP contribution in [-0.4, -0.2) is 59.9 Å². The molecule has 3 atom stereocenters. The maximum Gasteiger partial charge on any atom is 0.326 e. The Balaban J connectivity index is 1.80. The van der Waals surface area contributed by atoms with E-state index in [2.05, 4.69) is 0 Å². The van der Waals surface area contributed by atoms with Gasteiger partial charge in [-0.2, -0.15) is 0 Å². The van der Waals surface area contributed by atoms with Crippen LogP contribution in [0.5, 0.6) is 0 Å². The zero-order chi connectivity index (χ0) is 14.5. The van der Waals surface area contributed by atoms with Crippen molar-refractivity contribution in [3.63, 3.8) is 0 Å². The van der Waals surface area contributed by atoms with Crippen LogP contribution in [0.4, 0.5) is 0 Å². The van der Waals surface area contributed by atoms with Crippen LogP contribution in [-0.2, 0) is 19.1 Å². The zero-order valence-electron chi connectivity index (χ0n) is 11.9. The summed E-state index contributed by atoms with van der Waals surface area (Å²) in [5.74, 6) is -1.16. The normalized spacial score (nSPS) is 28.4. The van der Waals surface area contributed by atoms with Crippen LogP contribution in [0, 0.1) is 0 Å². The smallest absolute Gasteiger partial charge is 0.326 e. The number of carbonyl (C=O) groups is 2. The maximum absolute atomic E-state index is 12.2. The van der Waals surface area contributed by atoms with Crippen molar-refractivity contribution in [2.45, 2.75) is 57.3 Å². The molecule has 20 heavy (non-hydrogen) atoms. The van der Waals surface area contributed by atoms with Crippen molar-refractivity contribution in [2.75, 3.05) is 19.8 Å². The van der Waals surface area contributed by atoms with E-state index >= 15 is 0 Å². The van der Waals surface area contributed by atoms with Gasteiger partial charge in [-0.1, -0.05) is 0 Å². The van der Waals surface area contributed by atoms with E-state index < -0.39 is 18.1 Å². The minimum Gasteiger partial charge on any atom is -0.480 e. The average molecular weight is 285 g/mol. The quantitative estimate of drug-likeness (QED) is 0.816. The summed E-state index contributed by atoms with van der Waals surface area (Å²) in [5, 5.41) is 9.09. The number of nitrogens with zero attached hydrogens (tertiary/aromatic N) is 1. The molecule has 2 heterocycles. The third-order valence-electron chi connectivity index (χ3n) is 3.97. The summed E-state index contributed by atoms with van der Waals surface area (Å²) in [6, 6.07) is -0.695. The van der Waals surface area contributed by atoms with Crippen LogP contribution < -0.4 is 0 Å². The number of aliphatic carboxylic acids is 1. The number of carbonyl (C=O) groups excluding carboxylic acids is 1. The minimum atomic E-state index is -0.932. The fourth-order valence-corrected chi connectivity index (χ4v) is 2.78. The van der Waals surface area contributed by atoms with Gasteiger partial charge in [-0.15, -0.1) is 0 Å². The van der Waals surface area contributed by atoms with Gasteiger partial charge >= 0.3 is 5.97 Å². The van der Waals surface area contributed by atoms with Gasteiger partial charge in [-0.25, -0.2) is 4.79 Å². The van der Waals surface area contributed by atoms with Crippen LogP contribution in [0.15, 0.2) is 0 Å². The Morgan fingerprint density at radius 1 is 1.35 bits per heavy atom. The number of hydrogen-bond acceptors (Lipinski definition) is 4. The topological polar surface area (TPSA) is 76.1 Å². The third kappa shape index (κ3) is 3.70. The van der Waals surface area contributed by atoms with E-state index in [1.54, 1.807) is 6.92 Å². The molecule has 2 rings (SSSR count). The molecule has 2 saturated heterocycles. The number of rotatable bonds is 5. The van der Waals surface area contributed by atoms with Gasteiger partial charge in [0, 0.05) is 13.2 Å². The molecule has 1 N–H and O–H groups in total. The molecule has 0 aliphatic carbocycles. The number of likely N-dealkylation sites (tertiary alicyclic amines) is 1. The lowest BCUT2D eigenvalue weighted by atomic mass is 10.1. The molecule has 2 fully saturated rings. The Morgan fingerprint density at radius 3 is 2.80 bits per heavy atom. The standard InChI is InChI=1S/C14H23NO5/c1-10(20-9-11-5-2-3-8-19-11)13(16)15-7-4-6-12(15)14(17)18/h10-12H,2-9H2,1H3,(H,17,18)/t10-,11+,12-/m0/s1. The van der Waals surface area contributed by atoms with Crippen molar-refractivity contribution in [2.24, 2.45) is 0 Å². The zero-order valence-corrected chi connectivity index (χ0v) is 11.9. The van der Waals surface area contributed by atoms with Gasteiger partial charge in [-0.3, -0.25) is 4.79 Å².